The molecule has 2 aromatic rings. The van der Waals surface area contributed by atoms with Crippen molar-refractivity contribution in [3.63, 3.8) is 0 Å². The van der Waals surface area contributed by atoms with Gasteiger partial charge in [-0.1, -0.05) is 24.3 Å². The minimum absolute atomic E-state index is 0.504. The van der Waals surface area contributed by atoms with E-state index in [9.17, 15) is 0 Å². The van der Waals surface area contributed by atoms with E-state index >= 15 is 0 Å². The van der Waals surface area contributed by atoms with Gasteiger partial charge < -0.3 is 10.2 Å². The number of hydrogen-bond donors (Lipinski definition) is 1. The highest BCUT2D eigenvalue weighted by atomic mass is 15.2. The zero-order chi connectivity index (χ0) is 13.1. The molecular formula is C16H19N3. The van der Waals surface area contributed by atoms with Gasteiger partial charge in [0.25, 0.3) is 0 Å². The number of rotatable bonds is 3. The van der Waals surface area contributed by atoms with Crippen molar-refractivity contribution in [3.8, 4) is 0 Å². The molecule has 3 rings (SSSR count). The van der Waals surface area contributed by atoms with Crippen molar-refractivity contribution in [2.75, 3.05) is 23.3 Å². The Kier molecular flexibility index (Phi) is 3.36. The van der Waals surface area contributed by atoms with Crippen LogP contribution in [-0.2, 0) is 0 Å². The second-order valence-electron chi connectivity index (χ2n) is 5.08. The summed E-state index contributed by atoms with van der Waals surface area (Å²) in [7, 11) is 0. The van der Waals surface area contributed by atoms with Crippen molar-refractivity contribution < 1.29 is 0 Å². The Bertz CT molecular complexity index is 539. The molecule has 1 atom stereocenters. The third-order valence-electron chi connectivity index (χ3n) is 3.53. The molecule has 1 N–H and O–H groups in total. The van der Waals surface area contributed by atoms with E-state index in [0.29, 0.717) is 6.04 Å². The van der Waals surface area contributed by atoms with Crippen molar-refractivity contribution in [1.82, 2.24) is 4.98 Å². The van der Waals surface area contributed by atoms with Gasteiger partial charge in [0.05, 0.1) is 0 Å². The highest BCUT2D eigenvalue weighted by molar-refractivity contribution is 5.46. The van der Waals surface area contributed by atoms with Crippen LogP contribution in [0.2, 0.25) is 0 Å². The number of hydrogen-bond acceptors (Lipinski definition) is 3. The van der Waals surface area contributed by atoms with E-state index in [-0.39, 0.29) is 0 Å². The average Bonchev–Trinajstić information content (AvgIpc) is 2.88. The number of aromatic nitrogens is 1. The van der Waals surface area contributed by atoms with Gasteiger partial charge in [0.2, 0.25) is 0 Å². The molecule has 3 nitrogen and oxygen atoms in total. The topological polar surface area (TPSA) is 28.2 Å². The molecule has 19 heavy (non-hydrogen) atoms. The average molecular weight is 253 g/mol. The van der Waals surface area contributed by atoms with E-state index in [1.807, 2.05) is 19.1 Å². The maximum Gasteiger partial charge on any atom is 0.128 e. The lowest BCUT2D eigenvalue weighted by Gasteiger charge is -2.18. The molecule has 1 aliphatic heterocycles. The number of nitrogens with zero attached hydrogens (tertiary/aromatic N) is 2. The molecule has 1 unspecified atom stereocenters. The van der Waals surface area contributed by atoms with Crippen LogP contribution in [0.1, 0.15) is 12.1 Å². The molecule has 0 amide bonds. The molecule has 1 aromatic carbocycles. The highest BCUT2D eigenvalue weighted by Crippen LogP contribution is 2.20. The third-order valence-corrected chi connectivity index (χ3v) is 3.53. The summed E-state index contributed by atoms with van der Waals surface area (Å²) in [5, 5.41) is 3.59. The van der Waals surface area contributed by atoms with E-state index in [1.165, 1.54) is 5.69 Å². The first kappa shape index (κ1) is 12.0. The third kappa shape index (κ3) is 2.87. The number of aryl methyl sites for hydroxylation is 1. The summed E-state index contributed by atoms with van der Waals surface area (Å²) in [4.78, 5) is 6.95. The lowest BCUT2D eigenvalue weighted by molar-refractivity contribution is 0.806. The predicted molar refractivity (Wildman–Crippen MR) is 79.7 cm³/mol. The van der Waals surface area contributed by atoms with Crippen molar-refractivity contribution in [3.05, 3.63) is 54.2 Å². The molecule has 98 valence electrons. The Labute approximate surface area is 114 Å². The lowest BCUT2D eigenvalue weighted by Crippen LogP contribution is -2.26. The standard InChI is InChI=1S/C16H19N3/c1-13-6-5-9-16(17-13)19-11-10-15(12-19)18-14-7-3-2-4-8-14/h2-9,15,18H,10-12H2,1H3. The number of anilines is 2. The van der Waals surface area contributed by atoms with Gasteiger partial charge in [-0.3, -0.25) is 0 Å². The minimum atomic E-state index is 0.504. The Hall–Kier alpha value is -2.03. The van der Waals surface area contributed by atoms with Crippen LogP contribution in [-0.4, -0.2) is 24.1 Å². The summed E-state index contributed by atoms with van der Waals surface area (Å²) in [5.41, 5.74) is 2.28. The Morgan fingerprint density at radius 1 is 1.11 bits per heavy atom. The molecule has 1 saturated heterocycles. The van der Waals surface area contributed by atoms with Crippen LogP contribution in [0.25, 0.3) is 0 Å². The van der Waals surface area contributed by atoms with Gasteiger partial charge in [0.1, 0.15) is 5.82 Å². The Morgan fingerprint density at radius 2 is 1.95 bits per heavy atom. The smallest absolute Gasteiger partial charge is 0.128 e. The van der Waals surface area contributed by atoms with Crippen molar-refractivity contribution >= 4 is 11.5 Å². The molecule has 2 heterocycles. The van der Waals surface area contributed by atoms with Crippen LogP contribution in [0, 0.1) is 6.92 Å². The molecule has 1 aliphatic rings. The molecule has 0 saturated carbocycles. The van der Waals surface area contributed by atoms with Crippen LogP contribution in [0.5, 0.6) is 0 Å². The Balaban J connectivity index is 1.64. The van der Waals surface area contributed by atoms with Crippen LogP contribution in [0.3, 0.4) is 0 Å². The van der Waals surface area contributed by atoms with E-state index in [1.54, 1.807) is 0 Å². The minimum Gasteiger partial charge on any atom is -0.380 e. The van der Waals surface area contributed by atoms with Gasteiger partial charge in [-0.15, -0.1) is 0 Å². The fraction of sp³-hybridized carbons (Fsp3) is 0.312. The quantitative estimate of drug-likeness (QED) is 0.911. The number of pyridine rings is 1. The molecule has 0 spiro atoms. The molecule has 1 fully saturated rings. The van der Waals surface area contributed by atoms with Crippen LogP contribution in [0.15, 0.2) is 48.5 Å². The summed E-state index contributed by atoms with van der Waals surface area (Å²) in [6.07, 6.45) is 1.16. The zero-order valence-electron chi connectivity index (χ0n) is 11.2. The van der Waals surface area contributed by atoms with E-state index in [4.69, 9.17) is 0 Å². The van der Waals surface area contributed by atoms with Gasteiger partial charge in [-0.2, -0.15) is 0 Å². The van der Waals surface area contributed by atoms with Crippen molar-refractivity contribution in [2.45, 2.75) is 19.4 Å². The number of nitrogens with one attached hydrogen (secondary N) is 1. The lowest BCUT2D eigenvalue weighted by atomic mass is 10.2. The fourth-order valence-corrected chi connectivity index (χ4v) is 2.56. The van der Waals surface area contributed by atoms with Gasteiger partial charge in [0, 0.05) is 30.5 Å². The highest BCUT2D eigenvalue weighted by Gasteiger charge is 2.23. The van der Waals surface area contributed by atoms with Crippen LogP contribution in [0.4, 0.5) is 11.5 Å². The maximum absolute atomic E-state index is 4.59. The summed E-state index contributed by atoms with van der Waals surface area (Å²) in [6, 6.07) is 17.1. The number of benzene rings is 1. The summed E-state index contributed by atoms with van der Waals surface area (Å²) < 4.78 is 0. The van der Waals surface area contributed by atoms with Gasteiger partial charge in [-0.25, -0.2) is 4.98 Å². The second kappa shape index (κ2) is 5.31. The van der Waals surface area contributed by atoms with Crippen molar-refractivity contribution in [1.29, 1.82) is 0 Å². The van der Waals surface area contributed by atoms with Gasteiger partial charge in [0.15, 0.2) is 0 Å². The maximum atomic E-state index is 4.59. The SMILES string of the molecule is Cc1cccc(N2CCC(Nc3ccccc3)C2)n1. The molecular weight excluding hydrogens is 234 g/mol. The molecule has 3 heteroatoms. The van der Waals surface area contributed by atoms with Crippen LogP contribution >= 0.6 is 0 Å². The van der Waals surface area contributed by atoms with E-state index in [0.717, 1.165) is 31.0 Å². The zero-order valence-corrected chi connectivity index (χ0v) is 11.2. The molecule has 0 bridgehead atoms. The molecule has 0 aliphatic carbocycles. The number of para-hydroxylation sites is 1. The second-order valence-corrected chi connectivity index (χ2v) is 5.08. The largest absolute Gasteiger partial charge is 0.380 e. The Morgan fingerprint density at radius 3 is 2.74 bits per heavy atom. The first-order valence-electron chi connectivity index (χ1n) is 6.81. The first-order chi connectivity index (χ1) is 9.31. The van der Waals surface area contributed by atoms with Gasteiger partial charge >= 0.3 is 0 Å². The van der Waals surface area contributed by atoms with E-state index in [2.05, 4.69) is 51.6 Å². The summed E-state index contributed by atoms with van der Waals surface area (Å²) >= 11 is 0. The van der Waals surface area contributed by atoms with Gasteiger partial charge in [-0.05, 0) is 37.6 Å². The van der Waals surface area contributed by atoms with Crippen LogP contribution < -0.4 is 10.2 Å². The molecule has 1 aromatic heterocycles. The monoisotopic (exact) mass is 253 g/mol. The molecule has 0 radical (unpaired) electrons. The van der Waals surface area contributed by atoms with Crippen molar-refractivity contribution in [2.24, 2.45) is 0 Å². The van der Waals surface area contributed by atoms with E-state index < -0.39 is 0 Å². The summed E-state index contributed by atoms with van der Waals surface area (Å²) in [5.74, 6) is 1.09. The summed E-state index contributed by atoms with van der Waals surface area (Å²) in [6.45, 7) is 4.13. The fourth-order valence-electron chi connectivity index (χ4n) is 2.56. The first-order valence-corrected chi connectivity index (χ1v) is 6.81. The predicted octanol–water partition coefficient (Wildman–Crippen LogP) is 3.08. The normalized spacial score (nSPS) is 18.6.